The Balaban J connectivity index is 2.04. The van der Waals surface area contributed by atoms with Crippen LogP contribution in [0, 0.1) is 0 Å². The van der Waals surface area contributed by atoms with Crippen molar-refractivity contribution in [3.8, 4) is 11.1 Å². The van der Waals surface area contributed by atoms with Crippen molar-refractivity contribution in [1.82, 2.24) is 19.9 Å². The fourth-order valence-corrected chi connectivity index (χ4v) is 2.56. The Labute approximate surface area is 141 Å². The van der Waals surface area contributed by atoms with Crippen molar-refractivity contribution in [2.24, 2.45) is 0 Å². The molecule has 0 saturated heterocycles. The van der Waals surface area contributed by atoms with Crippen LogP contribution < -0.4 is 0 Å². The molecule has 5 nitrogen and oxygen atoms in total. The monoisotopic (exact) mass is 322 g/mol. The first-order valence-electron chi connectivity index (χ1n) is 7.93. The number of carbonyl (C=O) groups is 1. The van der Waals surface area contributed by atoms with Gasteiger partial charge in [0.25, 0.3) is 5.91 Å². The zero-order valence-corrected chi connectivity index (χ0v) is 14.7. The molecule has 124 valence electrons. The third kappa shape index (κ3) is 2.89. The maximum absolute atomic E-state index is 12.0. The summed E-state index contributed by atoms with van der Waals surface area (Å²) in [4.78, 5) is 25.5. The fourth-order valence-electron chi connectivity index (χ4n) is 2.56. The zero-order valence-electron chi connectivity index (χ0n) is 14.7. The van der Waals surface area contributed by atoms with Crippen molar-refractivity contribution >= 4 is 16.9 Å². The second-order valence-corrected chi connectivity index (χ2v) is 7.20. The first kappa shape index (κ1) is 16.2. The average Bonchev–Trinajstić information content (AvgIpc) is 2.96. The van der Waals surface area contributed by atoms with Crippen LogP contribution in [0.5, 0.6) is 0 Å². The molecule has 0 aliphatic rings. The lowest BCUT2D eigenvalue weighted by Gasteiger charge is -2.18. The molecule has 3 rings (SSSR count). The second-order valence-electron chi connectivity index (χ2n) is 7.20. The third-order valence-electron chi connectivity index (χ3n) is 4.10. The largest absolute Gasteiger partial charge is 0.346 e. The second kappa shape index (κ2) is 5.74. The number of hydrogen-bond acceptors (Lipinski definition) is 3. The van der Waals surface area contributed by atoms with Crippen LogP contribution in [0.15, 0.2) is 36.8 Å². The number of aromatic nitrogens is 3. The summed E-state index contributed by atoms with van der Waals surface area (Å²) in [6.07, 6.45) is 5.59. The van der Waals surface area contributed by atoms with Gasteiger partial charge in [0.1, 0.15) is 11.3 Å². The van der Waals surface area contributed by atoms with Crippen LogP contribution in [0.4, 0.5) is 0 Å². The van der Waals surface area contributed by atoms with Gasteiger partial charge in [-0.05, 0) is 23.1 Å². The summed E-state index contributed by atoms with van der Waals surface area (Å²) < 4.78 is 0. The third-order valence-corrected chi connectivity index (χ3v) is 4.10. The topological polar surface area (TPSA) is 61.9 Å². The fraction of sp³-hybridized carbons (Fsp3) is 0.316. The molecule has 0 aliphatic heterocycles. The molecule has 0 atom stereocenters. The number of hydrogen-bond donors (Lipinski definition) is 1. The minimum Gasteiger partial charge on any atom is -0.346 e. The van der Waals surface area contributed by atoms with Gasteiger partial charge in [-0.3, -0.25) is 9.78 Å². The van der Waals surface area contributed by atoms with Crippen LogP contribution in [-0.4, -0.2) is 39.9 Å². The molecule has 24 heavy (non-hydrogen) atoms. The summed E-state index contributed by atoms with van der Waals surface area (Å²) in [7, 11) is 3.44. The first-order valence-corrected chi connectivity index (χ1v) is 7.93. The predicted molar refractivity (Wildman–Crippen MR) is 96.0 cm³/mol. The van der Waals surface area contributed by atoms with E-state index in [0.717, 1.165) is 22.2 Å². The smallest absolute Gasteiger partial charge is 0.271 e. The van der Waals surface area contributed by atoms with E-state index in [1.807, 2.05) is 18.5 Å². The highest BCUT2D eigenvalue weighted by molar-refractivity contribution is 5.95. The van der Waals surface area contributed by atoms with E-state index in [4.69, 9.17) is 0 Å². The Kier molecular flexibility index (Phi) is 3.87. The van der Waals surface area contributed by atoms with Crippen LogP contribution in [0.1, 0.15) is 36.8 Å². The van der Waals surface area contributed by atoms with Gasteiger partial charge in [0.15, 0.2) is 0 Å². The van der Waals surface area contributed by atoms with E-state index in [0.29, 0.717) is 5.69 Å². The summed E-state index contributed by atoms with van der Waals surface area (Å²) in [5, 5.41) is 1.07. The van der Waals surface area contributed by atoms with E-state index < -0.39 is 0 Å². The molecule has 0 bridgehead atoms. The molecule has 3 aromatic heterocycles. The van der Waals surface area contributed by atoms with Gasteiger partial charge >= 0.3 is 0 Å². The lowest BCUT2D eigenvalue weighted by molar-refractivity contribution is 0.0822. The first-order chi connectivity index (χ1) is 11.3. The summed E-state index contributed by atoms with van der Waals surface area (Å²) in [5.41, 5.74) is 4.52. The summed E-state index contributed by atoms with van der Waals surface area (Å²) in [6.45, 7) is 6.52. The van der Waals surface area contributed by atoms with Crippen LogP contribution in [0.3, 0.4) is 0 Å². The SMILES string of the molecule is CN(C)C(=O)c1ccc(-c2c[nH]c3ncc(C(C)(C)C)cc23)cn1. The van der Waals surface area contributed by atoms with Crippen LogP contribution in [-0.2, 0) is 5.41 Å². The number of fused-ring (bicyclic) bond motifs is 1. The summed E-state index contributed by atoms with van der Waals surface area (Å²) in [6, 6.07) is 5.86. The molecule has 0 aliphatic carbocycles. The molecule has 0 unspecified atom stereocenters. The van der Waals surface area contributed by atoms with Gasteiger partial charge in [0.2, 0.25) is 0 Å². The standard InChI is InChI=1S/C19H22N4O/c1-19(2,3)13-8-14-15(11-22-17(14)21-10-13)12-6-7-16(20-9-12)18(24)23(4)5/h6-11H,1-5H3,(H,21,22). The predicted octanol–water partition coefficient (Wildman–Crippen LogP) is 3.62. The molecule has 1 amide bonds. The Hall–Kier alpha value is -2.69. The minimum atomic E-state index is -0.0998. The molecular weight excluding hydrogens is 300 g/mol. The van der Waals surface area contributed by atoms with Gasteiger partial charge in [0.05, 0.1) is 0 Å². The van der Waals surface area contributed by atoms with Crippen LogP contribution in [0.25, 0.3) is 22.2 Å². The van der Waals surface area contributed by atoms with E-state index in [1.54, 1.807) is 26.4 Å². The van der Waals surface area contributed by atoms with E-state index >= 15 is 0 Å². The highest BCUT2D eigenvalue weighted by Crippen LogP contribution is 2.31. The highest BCUT2D eigenvalue weighted by Gasteiger charge is 2.17. The van der Waals surface area contributed by atoms with Crippen molar-refractivity contribution in [1.29, 1.82) is 0 Å². The van der Waals surface area contributed by atoms with Crippen molar-refractivity contribution in [2.45, 2.75) is 26.2 Å². The number of carbonyl (C=O) groups excluding carboxylic acids is 1. The Bertz CT molecular complexity index is 886. The van der Waals surface area contributed by atoms with Gasteiger partial charge in [-0.25, -0.2) is 4.98 Å². The molecule has 3 heterocycles. The molecule has 0 fully saturated rings. The van der Waals surface area contributed by atoms with Gasteiger partial charge in [-0.1, -0.05) is 26.8 Å². The lowest BCUT2D eigenvalue weighted by Crippen LogP contribution is -2.22. The van der Waals surface area contributed by atoms with E-state index in [-0.39, 0.29) is 11.3 Å². The number of nitrogens with zero attached hydrogens (tertiary/aromatic N) is 3. The normalized spacial score (nSPS) is 11.7. The number of rotatable bonds is 2. The van der Waals surface area contributed by atoms with Crippen molar-refractivity contribution < 1.29 is 4.79 Å². The zero-order chi connectivity index (χ0) is 17.5. The maximum Gasteiger partial charge on any atom is 0.271 e. The molecule has 0 spiro atoms. The lowest BCUT2D eigenvalue weighted by atomic mass is 9.87. The average molecular weight is 322 g/mol. The van der Waals surface area contributed by atoms with E-state index in [1.165, 1.54) is 10.5 Å². The quantitative estimate of drug-likeness (QED) is 0.784. The van der Waals surface area contributed by atoms with Crippen molar-refractivity contribution in [2.75, 3.05) is 14.1 Å². The maximum atomic E-state index is 12.0. The van der Waals surface area contributed by atoms with Crippen LogP contribution >= 0.6 is 0 Å². The van der Waals surface area contributed by atoms with Gasteiger partial charge in [-0.15, -0.1) is 0 Å². The molecule has 0 radical (unpaired) electrons. The number of H-pyrrole nitrogens is 1. The molecular formula is C19H22N4O. The van der Waals surface area contributed by atoms with E-state index in [9.17, 15) is 4.79 Å². The van der Waals surface area contributed by atoms with Gasteiger partial charge in [-0.2, -0.15) is 0 Å². The summed E-state index contributed by atoms with van der Waals surface area (Å²) >= 11 is 0. The summed E-state index contributed by atoms with van der Waals surface area (Å²) in [5.74, 6) is -0.0998. The Morgan fingerprint density at radius 3 is 2.46 bits per heavy atom. The number of nitrogens with one attached hydrogen (secondary N) is 1. The molecule has 0 aromatic carbocycles. The van der Waals surface area contributed by atoms with Crippen molar-refractivity contribution in [3.05, 3.63) is 48.0 Å². The Morgan fingerprint density at radius 1 is 1.12 bits per heavy atom. The minimum absolute atomic E-state index is 0.0377. The highest BCUT2D eigenvalue weighted by atomic mass is 16.2. The number of amides is 1. The Morgan fingerprint density at radius 2 is 1.88 bits per heavy atom. The molecule has 0 saturated carbocycles. The molecule has 5 heteroatoms. The van der Waals surface area contributed by atoms with Crippen molar-refractivity contribution in [3.63, 3.8) is 0 Å². The van der Waals surface area contributed by atoms with Gasteiger partial charge in [0, 0.05) is 49.2 Å². The van der Waals surface area contributed by atoms with E-state index in [2.05, 4.69) is 41.8 Å². The van der Waals surface area contributed by atoms with Gasteiger partial charge < -0.3 is 9.88 Å². The number of aromatic amines is 1. The van der Waals surface area contributed by atoms with Crippen LogP contribution in [0.2, 0.25) is 0 Å². The number of pyridine rings is 2. The molecule has 3 aromatic rings. The molecule has 1 N–H and O–H groups in total.